The number of carbonyl (C=O) groups excluding carboxylic acids is 1. The van der Waals surface area contributed by atoms with Crippen molar-refractivity contribution in [1.82, 2.24) is 15.1 Å². The second-order valence-electron chi connectivity index (χ2n) is 7.64. The Morgan fingerprint density at radius 2 is 2.14 bits per heavy atom. The molecule has 1 unspecified atom stereocenters. The number of nitro groups is 1. The number of nitrogens with one attached hydrogen (secondary N) is 1. The molecule has 1 aliphatic rings. The molecule has 3 rings (SSSR count). The highest BCUT2D eigenvalue weighted by Crippen LogP contribution is 2.31. The number of nitrogens with zero attached hydrogens (tertiary/aromatic N) is 4. The Bertz CT molecular complexity index is 908. The third kappa shape index (κ3) is 4.92. The van der Waals surface area contributed by atoms with E-state index in [1.165, 1.54) is 6.07 Å². The van der Waals surface area contributed by atoms with E-state index in [1.807, 2.05) is 43.3 Å². The number of aromatic nitrogens is 2. The van der Waals surface area contributed by atoms with E-state index in [4.69, 9.17) is 4.74 Å². The molecule has 9 heteroatoms. The lowest BCUT2D eigenvalue weighted by molar-refractivity contribution is -0.384. The standard InChI is InChI=1S/C20H27N5O4/c1-13(2)21-20(26)16-5-6-18(19(10-16)25(27)28)23-7-8-29-17(11-23)12-24-15(4)9-14(3)22-24/h5-6,9-10,13,17H,7-8,11-12H2,1-4H3,(H,21,26). The van der Waals surface area contributed by atoms with Crippen LogP contribution in [-0.4, -0.2) is 52.5 Å². The van der Waals surface area contributed by atoms with E-state index in [1.54, 1.807) is 12.1 Å². The van der Waals surface area contributed by atoms with Crippen molar-refractivity contribution in [1.29, 1.82) is 0 Å². The summed E-state index contributed by atoms with van der Waals surface area (Å²) in [6.45, 7) is 9.73. The average Bonchev–Trinajstić information content (AvgIpc) is 2.97. The van der Waals surface area contributed by atoms with Crippen molar-refractivity contribution in [3.63, 3.8) is 0 Å². The number of benzene rings is 1. The van der Waals surface area contributed by atoms with Crippen molar-refractivity contribution >= 4 is 17.3 Å². The summed E-state index contributed by atoms with van der Waals surface area (Å²) in [5, 5.41) is 18.9. The first-order valence-electron chi connectivity index (χ1n) is 9.71. The van der Waals surface area contributed by atoms with Gasteiger partial charge in [0, 0.05) is 36.5 Å². The van der Waals surface area contributed by atoms with Crippen LogP contribution in [0.1, 0.15) is 35.6 Å². The fourth-order valence-corrected chi connectivity index (χ4v) is 3.53. The Balaban J connectivity index is 1.80. The number of ether oxygens (including phenoxy) is 1. The van der Waals surface area contributed by atoms with Crippen LogP contribution in [0.25, 0.3) is 0 Å². The summed E-state index contributed by atoms with van der Waals surface area (Å²) >= 11 is 0. The first-order chi connectivity index (χ1) is 13.7. The molecule has 156 valence electrons. The summed E-state index contributed by atoms with van der Waals surface area (Å²) in [6.07, 6.45) is -0.134. The molecule has 0 radical (unpaired) electrons. The number of hydrogen-bond acceptors (Lipinski definition) is 6. The Hall–Kier alpha value is -2.94. The van der Waals surface area contributed by atoms with E-state index in [9.17, 15) is 14.9 Å². The number of anilines is 1. The van der Waals surface area contributed by atoms with Gasteiger partial charge in [0.15, 0.2) is 0 Å². The average molecular weight is 401 g/mol. The first kappa shape index (κ1) is 20.8. The van der Waals surface area contributed by atoms with Crippen LogP contribution < -0.4 is 10.2 Å². The summed E-state index contributed by atoms with van der Waals surface area (Å²) in [5.74, 6) is -0.320. The molecule has 1 atom stereocenters. The Morgan fingerprint density at radius 1 is 1.38 bits per heavy atom. The molecule has 0 bridgehead atoms. The van der Waals surface area contributed by atoms with E-state index in [0.29, 0.717) is 31.9 Å². The zero-order valence-corrected chi connectivity index (χ0v) is 17.2. The van der Waals surface area contributed by atoms with Crippen LogP contribution in [0, 0.1) is 24.0 Å². The largest absolute Gasteiger partial charge is 0.373 e. The monoisotopic (exact) mass is 401 g/mol. The van der Waals surface area contributed by atoms with Gasteiger partial charge in [0.2, 0.25) is 0 Å². The molecule has 29 heavy (non-hydrogen) atoms. The molecule has 0 saturated carbocycles. The fraction of sp³-hybridized carbons (Fsp3) is 0.500. The molecule has 1 fully saturated rings. The number of hydrogen-bond donors (Lipinski definition) is 1. The van der Waals surface area contributed by atoms with Gasteiger partial charge in [0.05, 0.1) is 29.9 Å². The molecule has 9 nitrogen and oxygen atoms in total. The van der Waals surface area contributed by atoms with Gasteiger partial charge in [-0.25, -0.2) is 0 Å². The summed E-state index contributed by atoms with van der Waals surface area (Å²) < 4.78 is 7.77. The third-order valence-electron chi connectivity index (χ3n) is 4.81. The number of carbonyl (C=O) groups is 1. The highest BCUT2D eigenvalue weighted by molar-refractivity contribution is 5.96. The molecule has 1 aliphatic heterocycles. The highest BCUT2D eigenvalue weighted by Gasteiger charge is 2.27. The number of morpholine rings is 1. The highest BCUT2D eigenvalue weighted by atomic mass is 16.6. The van der Waals surface area contributed by atoms with Crippen LogP contribution >= 0.6 is 0 Å². The van der Waals surface area contributed by atoms with Crippen LogP contribution in [-0.2, 0) is 11.3 Å². The van der Waals surface area contributed by atoms with Gasteiger partial charge < -0.3 is 15.0 Å². The van der Waals surface area contributed by atoms with Crippen LogP contribution in [0.15, 0.2) is 24.3 Å². The molecule has 1 amide bonds. The Labute approximate surface area is 169 Å². The van der Waals surface area contributed by atoms with Gasteiger partial charge >= 0.3 is 0 Å². The normalized spacial score (nSPS) is 16.9. The third-order valence-corrected chi connectivity index (χ3v) is 4.81. The lowest BCUT2D eigenvalue weighted by Crippen LogP contribution is -2.44. The van der Waals surface area contributed by atoms with Crippen molar-refractivity contribution in [2.45, 2.75) is 46.4 Å². The quantitative estimate of drug-likeness (QED) is 0.589. The maximum atomic E-state index is 12.2. The topological polar surface area (TPSA) is 103 Å². The maximum Gasteiger partial charge on any atom is 0.293 e. The van der Waals surface area contributed by atoms with E-state index >= 15 is 0 Å². The Morgan fingerprint density at radius 3 is 2.76 bits per heavy atom. The van der Waals surface area contributed by atoms with E-state index in [0.717, 1.165) is 11.4 Å². The van der Waals surface area contributed by atoms with Gasteiger partial charge in [-0.1, -0.05) is 0 Å². The number of rotatable bonds is 6. The van der Waals surface area contributed by atoms with Gasteiger partial charge in [-0.2, -0.15) is 5.10 Å². The minimum absolute atomic E-state index is 0.0457. The zero-order valence-electron chi connectivity index (χ0n) is 17.2. The van der Waals surface area contributed by atoms with Crippen LogP contribution in [0.2, 0.25) is 0 Å². The summed E-state index contributed by atoms with van der Waals surface area (Å²) in [4.78, 5) is 25.4. The molecule has 1 saturated heterocycles. The fourth-order valence-electron chi connectivity index (χ4n) is 3.53. The molecule has 1 aromatic carbocycles. The second kappa shape index (κ2) is 8.60. The van der Waals surface area contributed by atoms with Gasteiger partial charge in [-0.15, -0.1) is 0 Å². The lowest BCUT2D eigenvalue weighted by atomic mass is 10.1. The summed E-state index contributed by atoms with van der Waals surface area (Å²) in [5.41, 5.74) is 2.70. The maximum absolute atomic E-state index is 12.2. The van der Waals surface area contributed by atoms with Crippen LogP contribution in [0.3, 0.4) is 0 Å². The van der Waals surface area contributed by atoms with Crippen molar-refractivity contribution in [2.24, 2.45) is 0 Å². The summed E-state index contributed by atoms with van der Waals surface area (Å²) in [7, 11) is 0. The van der Waals surface area contributed by atoms with E-state index < -0.39 is 4.92 Å². The van der Waals surface area contributed by atoms with E-state index in [-0.39, 0.29) is 29.3 Å². The predicted octanol–water partition coefficient (Wildman–Crippen LogP) is 2.45. The van der Waals surface area contributed by atoms with Crippen molar-refractivity contribution < 1.29 is 14.5 Å². The number of nitro benzene ring substituents is 1. The Kier molecular flexibility index (Phi) is 6.17. The van der Waals surface area contributed by atoms with Crippen molar-refractivity contribution in [3.05, 3.63) is 51.3 Å². The van der Waals surface area contributed by atoms with E-state index in [2.05, 4.69) is 10.4 Å². The van der Waals surface area contributed by atoms with Crippen LogP contribution in [0.4, 0.5) is 11.4 Å². The molecular weight excluding hydrogens is 374 g/mol. The van der Waals surface area contributed by atoms with Gasteiger partial charge in [0.1, 0.15) is 5.69 Å². The number of amides is 1. The minimum atomic E-state index is -0.438. The second-order valence-corrected chi connectivity index (χ2v) is 7.64. The van der Waals surface area contributed by atoms with Gasteiger partial charge in [0.25, 0.3) is 11.6 Å². The molecular formula is C20H27N5O4. The van der Waals surface area contributed by atoms with Crippen molar-refractivity contribution in [3.8, 4) is 0 Å². The molecule has 0 aliphatic carbocycles. The predicted molar refractivity (Wildman–Crippen MR) is 109 cm³/mol. The number of aryl methyl sites for hydroxylation is 2. The smallest absolute Gasteiger partial charge is 0.293 e. The molecule has 2 aromatic rings. The lowest BCUT2D eigenvalue weighted by Gasteiger charge is -2.34. The SMILES string of the molecule is Cc1cc(C)n(CC2CN(c3ccc(C(=O)NC(C)C)cc3[N+](=O)[O-])CCO2)n1. The zero-order chi connectivity index (χ0) is 21.1. The molecule has 1 N–H and O–H groups in total. The molecule has 2 heterocycles. The van der Waals surface area contributed by atoms with Crippen LogP contribution in [0.5, 0.6) is 0 Å². The summed E-state index contributed by atoms with van der Waals surface area (Å²) in [6, 6.07) is 6.59. The molecule has 0 spiro atoms. The molecule has 1 aromatic heterocycles. The van der Waals surface area contributed by atoms with Gasteiger partial charge in [-0.05, 0) is 45.9 Å². The minimum Gasteiger partial charge on any atom is -0.373 e. The van der Waals surface area contributed by atoms with Gasteiger partial charge in [-0.3, -0.25) is 19.6 Å². The van der Waals surface area contributed by atoms with Crippen molar-refractivity contribution in [2.75, 3.05) is 24.6 Å². The first-order valence-corrected chi connectivity index (χ1v) is 9.71.